The lowest BCUT2D eigenvalue weighted by atomic mass is 10.0. The van der Waals surface area contributed by atoms with Gasteiger partial charge in [-0.15, -0.1) is 0 Å². The highest BCUT2D eigenvalue weighted by Crippen LogP contribution is 2.44. The number of para-hydroxylation sites is 7. The molecule has 5 heteroatoms. The first kappa shape index (κ1) is 30.7. The molecule has 0 aliphatic carbocycles. The fourth-order valence-corrected chi connectivity index (χ4v) is 8.87. The first-order valence-corrected chi connectivity index (χ1v) is 18.3. The predicted molar refractivity (Wildman–Crippen MR) is 226 cm³/mol. The molecule has 0 saturated carbocycles. The molecular weight excluding hydrogens is 671 g/mol. The van der Waals surface area contributed by atoms with E-state index in [2.05, 4.69) is 164 Å². The van der Waals surface area contributed by atoms with Gasteiger partial charge in [0.1, 0.15) is 6.07 Å². The van der Waals surface area contributed by atoms with E-state index in [1.165, 1.54) is 21.5 Å². The van der Waals surface area contributed by atoms with Crippen molar-refractivity contribution in [2.24, 2.45) is 0 Å². The van der Waals surface area contributed by atoms with Crippen LogP contribution in [0.1, 0.15) is 5.56 Å². The average Bonchev–Trinajstić information content (AvgIpc) is 3.89. The Morgan fingerprint density at radius 2 is 0.964 bits per heavy atom. The van der Waals surface area contributed by atoms with Crippen LogP contribution in [0.5, 0.6) is 0 Å². The van der Waals surface area contributed by atoms with E-state index in [0.29, 0.717) is 11.3 Å². The normalized spacial score (nSPS) is 11.6. The first-order valence-electron chi connectivity index (χ1n) is 18.3. The van der Waals surface area contributed by atoms with Crippen molar-refractivity contribution in [2.75, 3.05) is 0 Å². The van der Waals surface area contributed by atoms with Gasteiger partial charge < -0.3 is 13.7 Å². The van der Waals surface area contributed by atoms with Crippen LogP contribution in [-0.2, 0) is 0 Å². The number of hydrogen-bond donors (Lipinski definition) is 0. The van der Waals surface area contributed by atoms with Gasteiger partial charge in [0, 0.05) is 38.0 Å². The third-order valence-corrected chi connectivity index (χ3v) is 11.1. The second-order valence-corrected chi connectivity index (χ2v) is 13.9. The second kappa shape index (κ2) is 11.8. The van der Waals surface area contributed by atoms with Gasteiger partial charge in [0.2, 0.25) is 5.69 Å². The molecule has 0 fully saturated rings. The molecule has 0 aliphatic rings. The van der Waals surface area contributed by atoms with Crippen LogP contribution in [-0.4, -0.2) is 13.7 Å². The number of aromatic nitrogens is 3. The average molecular weight is 700 g/mol. The Morgan fingerprint density at radius 1 is 0.455 bits per heavy atom. The Labute approximate surface area is 316 Å². The van der Waals surface area contributed by atoms with Crippen LogP contribution in [0.4, 0.5) is 5.69 Å². The lowest BCUT2D eigenvalue weighted by Gasteiger charge is -2.18. The van der Waals surface area contributed by atoms with Crippen LogP contribution >= 0.6 is 0 Å². The lowest BCUT2D eigenvalue weighted by molar-refractivity contribution is 1.13. The molecule has 3 heterocycles. The van der Waals surface area contributed by atoms with E-state index in [0.717, 1.165) is 72.1 Å². The number of rotatable bonds is 4. The van der Waals surface area contributed by atoms with Gasteiger partial charge in [-0.3, -0.25) is 0 Å². The van der Waals surface area contributed by atoms with Crippen molar-refractivity contribution >= 4 is 71.1 Å². The summed E-state index contributed by atoms with van der Waals surface area (Å²) in [6.45, 7) is 8.34. The molecular formula is C50H29N5. The van der Waals surface area contributed by atoms with E-state index in [1.54, 1.807) is 0 Å². The maximum Gasteiger partial charge on any atom is 0.211 e. The number of benzene rings is 8. The van der Waals surface area contributed by atoms with Crippen LogP contribution < -0.4 is 0 Å². The smallest absolute Gasteiger partial charge is 0.211 e. The van der Waals surface area contributed by atoms with Crippen LogP contribution in [0.25, 0.3) is 98.5 Å². The van der Waals surface area contributed by atoms with E-state index in [4.69, 9.17) is 6.57 Å². The zero-order valence-electron chi connectivity index (χ0n) is 29.5. The quantitative estimate of drug-likeness (QED) is 0.169. The van der Waals surface area contributed by atoms with Crippen LogP contribution in [0.2, 0.25) is 0 Å². The zero-order chi connectivity index (χ0) is 36.6. The molecule has 0 amide bonds. The molecule has 8 aromatic carbocycles. The Kier molecular flexibility index (Phi) is 6.61. The Bertz CT molecular complexity index is 3420. The van der Waals surface area contributed by atoms with Gasteiger partial charge in [0.05, 0.1) is 56.6 Å². The van der Waals surface area contributed by atoms with Gasteiger partial charge in [0.15, 0.2) is 0 Å². The number of nitrogens with zero attached hydrogens (tertiary/aromatic N) is 5. The van der Waals surface area contributed by atoms with E-state index < -0.39 is 0 Å². The largest absolute Gasteiger partial charge is 0.317 e. The minimum absolute atomic E-state index is 0.517. The van der Waals surface area contributed by atoms with Crippen molar-refractivity contribution in [3.8, 4) is 34.3 Å². The van der Waals surface area contributed by atoms with Crippen molar-refractivity contribution < 1.29 is 0 Å². The maximum absolute atomic E-state index is 10.3. The summed E-state index contributed by atoms with van der Waals surface area (Å²) in [5.74, 6) is 0. The van der Waals surface area contributed by atoms with Gasteiger partial charge in [0.25, 0.3) is 0 Å². The topological polar surface area (TPSA) is 42.9 Å². The second-order valence-electron chi connectivity index (χ2n) is 13.9. The molecule has 11 aromatic rings. The predicted octanol–water partition coefficient (Wildman–Crippen LogP) is 13.1. The van der Waals surface area contributed by atoms with E-state index in [9.17, 15) is 5.26 Å². The van der Waals surface area contributed by atoms with Crippen molar-refractivity contribution in [2.45, 2.75) is 0 Å². The molecule has 0 spiro atoms. The molecule has 0 bridgehead atoms. The van der Waals surface area contributed by atoms with Gasteiger partial charge in [-0.25, -0.2) is 4.85 Å². The molecule has 0 N–H and O–H groups in total. The Balaban J connectivity index is 1.22. The van der Waals surface area contributed by atoms with Gasteiger partial charge in [-0.2, -0.15) is 5.26 Å². The van der Waals surface area contributed by atoms with Crippen molar-refractivity contribution in [3.63, 3.8) is 0 Å². The molecule has 3 aromatic heterocycles. The van der Waals surface area contributed by atoms with Crippen molar-refractivity contribution in [1.82, 2.24) is 13.7 Å². The highest BCUT2D eigenvalue weighted by atomic mass is 15.1. The fourth-order valence-electron chi connectivity index (χ4n) is 8.87. The third-order valence-electron chi connectivity index (χ3n) is 11.1. The lowest BCUT2D eigenvalue weighted by Crippen LogP contribution is -2.02. The molecule has 254 valence electrons. The molecule has 11 rings (SSSR count). The molecule has 0 aliphatic heterocycles. The summed E-state index contributed by atoms with van der Waals surface area (Å²) in [5, 5.41) is 17.1. The van der Waals surface area contributed by atoms with E-state index in [1.807, 2.05) is 36.4 Å². The maximum atomic E-state index is 10.3. The molecule has 0 unspecified atom stereocenters. The molecule has 0 atom stereocenters. The van der Waals surface area contributed by atoms with E-state index >= 15 is 0 Å². The summed E-state index contributed by atoms with van der Waals surface area (Å²) in [5.41, 5.74) is 12.1. The minimum atomic E-state index is 0.517. The number of fused-ring (bicyclic) bond motifs is 9. The Hall–Kier alpha value is -7.86. The van der Waals surface area contributed by atoms with Gasteiger partial charge in [-0.05, 0) is 59.7 Å². The zero-order valence-corrected chi connectivity index (χ0v) is 29.5. The van der Waals surface area contributed by atoms with Crippen molar-refractivity contribution in [3.05, 3.63) is 193 Å². The van der Waals surface area contributed by atoms with Crippen molar-refractivity contribution in [1.29, 1.82) is 5.26 Å². The summed E-state index contributed by atoms with van der Waals surface area (Å²) in [6.07, 6.45) is 0. The summed E-state index contributed by atoms with van der Waals surface area (Å²) >= 11 is 0. The summed E-state index contributed by atoms with van der Waals surface area (Å²) in [7, 11) is 0. The summed E-state index contributed by atoms with van der Waals surface area (Å²) < 4.78 is 6.91. The minimum Gasteiger partial charge on any atom is -0.317 e. The summed E-state index contributed by atoms with van der Waals surface area (Å²) in [4.78, 5) is 4.06. The monoisotopic (exact) mass is 699 g/mol. The van der Waals surface area contributed by atoms with E-state index in [-0.39, 0.29) is 0 Å². The van der Waals surface area contributed by atoms with Gasteiger partial charge in [-0.1, -0.05) is 127 Å². The molecule has 0 radical (unpaired) electrons. The Morgan fingerprint density at radius 3 is 1.60 bits per heavy atom. The highest BCUT2D eigenvalue weighted by molar-refractivity contribution is 6.15. The SMILES string of the molecule is [C-]#[N+]c1cccc(-c2cccc(-n3c4ccccc4c4cccc(-n5c6ccccc6c6ccccc65)c43)c2)c1-n1c2ccccc2c2cccc(C#N)c21. The highest BCUT2D eigenvalue weighted by Gasteiger charge is 2.23. The number of nitriles is 1. The molecule has 55 heavy (non-hydrogen) atoms. The van der Waals surface area contributed by atoms with Crippen LogP contribution in [0, 0.1) is 17.9 Å². The number of hydrogen-bond acceptors (Lipinski definition) is 1. The van der Waals surface area contributed by atoms with Gasteiger partial charge >= 0.3 is 0 Å². The summed E-state index contributed by atoms with van der Waals surface area (Å²) in [6, 6.07) is 63.6. The van der Waals surface area contributed by atoms with Crippen LogP contribution in [0.15, 0.2) is 176 Å². The first-order chi connectivity index (χ1) is 27.2. The van der Waals surface area contributed by atoms with Crippen LogP contribution in [0.3, 0.4) is 0 Å². The molecule has 0 saturated heterocycles. The molecule has 5 nitrogen and oxygen atoms in total. The fraction of sp³-hybridized carbons (Fsp3) is 0. The third kappa shape index (κ3) is 4.33. The standard InChI is InChI=1S/C50H29N5/c1-52-42-24-12-21-35(49(42)55-46-28-9-5-19-38(46)40-22-11-15-33(31-51)48(40)55)32-14-10-16-34(30-32)53-43-25-6-4-20-39(43)41-23-13-29-47(50(41)53)54-44-26-7-2-17-36(44)37-18-3-8-27-45(37)54/h2-30H.